The van der Waals surface area contributed by atoms with Gasteiger partial charge in [-0.05, 0) is 46.9 Å². The smallest absolute Gasteiger partial charge is 0.305 e. The van der Waals surface area contributed by atoms with Gasteiger partial charge in [-0.1, -0.05) is 91.0 Å². The van der Waals surface area contributed by atoms with Gasteiger partial charge in [-0.25, -0.2) is 5.01 Å². The number of rotatable bonds is 13. The van der Waals surface area contributed by atoms with Crippen molar-refractivity contribution >= 4 is 51.3 Å². The summed E-state index contributed by atoms with van der Waals surface area (Å²) >= 11 is 0. The van der Waals surface area contributed by atoms with Crippen LogP contribution in [0.5, 0.6) is 0 Å². The van der Waals surface area contributed by atoms with Crippen LogP contribution in [0.2, 0.25) is 0 Å². The highest BCUT2D eigenvalue weighted by molar-refractivity contribution is 5.97. The summed E-state index contributed by atoms with van der Waals surface area (Å²) < 4.78 is 0. The van der Waals surface area contributed by atoms with Crippen molar-refractivity contribution < 1.29 is 29.1 Å². The molecule has 5 rings (SSSR count). The monoisotopic (exact) mass is 662 g/mol. The summed E-state index contributed by atoms with van der Waals surface area (Å²) in [5.41, 5.74) is 17.4. The largest absolute Gasteiger partial charge is 0.481 e. The number of amides is 4. The van der Waals surface area contributed by atoms with E-state index in [-0.39, 0.29) is 12.8 Å². The first-order valence-corrected chi connectivity index (χ1v) is 15.8. The zero-order chi connectivity index (χ0) is 35.1. The number of aliphatic carboxylic acids is 1. The van der Waals surface area contributed by atoms with Gasteiger partial charge in [0.05, 0.1) is 18.4 Å². The molecule has 4 aromatic carbocycles. The molecule has 5 aromatic rings. The van der Waals surface area contributed by atoms with Crippen LogP contribution in [0.4, 0.5) is 0 Å². The summed E-state index contributed by atoms with van der Waals surface area (Å²) in [6, 6.07) is 25.1. The Bertz CT molecular complexity index is 1990. The molecule has 1 heterocycles. The molecule has 0 aliphatic rings. The van der Waals surface area contributed by atoms with Crippen molar-refractivity contribution in [2.24, 2.45) is 11.5 Å². The van der Waals surface area contributed by atoms with Crippen LogP contribution in [0.15, 0.2) is 103 Å². The topological polar surface area (TPSA) is 201 Å². The lowest BCUT2D eigenvalue weighted by Gasteiger charge is -2.33. The Labute approximate surface area is 282 Å². The minimum Gasteiger partial charge on any atom is -0.481 e. The molecule has 0 saturated carbocycles. The molecule has 4 atom stereocenters. The van der Waals surface area contributed by atoms with E-state index in [1.165, 1.54) is 0 Å². The van der Waals surface area contributed by atoms with E-state index in [0.717, 1.165) is 32.2 Å². The Kier molecular flexibility index (Phi) is 10.7. The highest BCUT2D eigenvalue weighted by Gasteiger charge is 2.37. The number of primary amides is 1. The number of carbonyl (C=O) groups is 5. The highest BCUT2D eigenvalue weighted by atomic mass is 16.4. The molecule has 0 fully saturated rings. The molecule has 4 amide bonds. The number of carbonyl (C=O) groups excluding carboxylic acids is 4. The molecule has 1 unspecified atom stereocenters. The number of hydrogen-bond acceptors (Lipinski definition) is 6. The number of aromatic amines is 1. The van der Waals surface area contributed by atoms with Crippen LogP contribution in [0.3, 0.4) is 0 Å². The zero-order valence-electron chi connectivity index (χ0n) is 26.8. The lowest BCUT2D eigenvalue weighted by Crippen LogP contribution is -2.63. The highest BCUT2D eigenvalue weighted by Crippen LogP contribution is 2.26. The Hall–Kier alpha value is -6.01. The van der Waals surface area contributed by atoms with Gasteiger partial charge in [0.25, 0.3) is 5.91 Å². The van der Waals surface area contributed by atoms with Crippen molar-refractivity contribution in [3.63, 3.8) is 0 Å². The molecule has 0 spiro atoms. The zero-order valence-corrected chi connectivity index (χ0v) is 26.8. The number of nitrogens with zero attached hydrogens (tertiary/aromatic N) is 1. The lowest BCUT2D eigenvalue weighted by atomic mass is 9.99. The summed E-state index contributed by atoms with van der Waals surface area (Å²) in [6.45, 7) is 1.63. The van der Waals surface area contributed by atoms with Gasteiger partial charge in [-0.3, -0.25) is 29.4 Å². The predicted octanol–water partition coefficient (Wildman–Crippen LogP) is 2.91. The van der Waals surface area contributed by atoms with Gasteiger partial charge >= 0.3 is 5.97 Å². The van der Waals surface area contributed by atoms with Gasteiger partial charge in [0.15, 0.2) is 0 Å². The molecule has 252 valence electrons. The molecule has 12 nitrogen and oxygen atoms in total. The van der Waals surface area contributed by atoms with E-state index in [9.17, 15) is 29.1 Å². The summed E-state index contributed by atoms with van der Waals surface area (Å²) in [5, 5.41) is 15.7. The maximum Gasteiger partial charge on any atom is 0.305 e. The van der Waals surface area contributed by atoms with Gasteiger partial charge < -0.3 is 26.9 Å². The number of nitrogens with one attached hydrogen (secondary N) is 3. The number of benzene rings is 4. The summed E-state index contributed by atoms with van der Waals surface area (Å²) in [4.78, 5) is 69.3. The second-order valence-corrected chi connectivity index (χ2v) is 12.0. The van der Waals surface area contributed by atoms with E-state index in [0.29, 0.717) is 11.1 Å². The van der Waals surface area contributed by atoms with Gasteiger partial charge in [0.1, 0.15) is 12.1 Å². The minimum absolute atomic E-state index is 0.0983. The minimum atomic E-state index is -1.70. The Morgan fingerprint density at radius 1 is 0.816 bits per heavy atom. The number of carboxylic acids is 1. The van der Waals surface area contributed by atoms with E-state index in [1.54, 1.807) is 43.5 Å². The molecule has 12 heteroatoms. The fourth-order valence-corrected chi connectivity index (χ4v) is 5.79. The van der Waals surface area contributed by atoms with Crippen LogP contribution in [-0.4, -0.2) is 62.8 Å². The standard InChI is InChI=1S/C37H38N6O6/c1-22(28-21-40-30-14-8-7-13-27(28)30)35(47)42-43(32(34(39)46)19-23-9-3-2-4-10-23)37(49)31(20-33(44)45)41-36(48)29(38)18-24-15-16-25-11-5-6-12-26(25)17-24/h2-17,21-22,29,31-32,40H,18-20,38H2,1H3,(H2,39,46)(H,41,48)(H,42,47)(H,44,45)/t22?,29-,31-,32-/m0/s1. The maximum absolute atomic E-state index is 14.2. The molecule has 0 bridgehead atoms. The molecule has 0 saturated heterocycles. The maximum atomic E-state index is 14.2. The van der Waals surface area contributed by atoms with Crippen LogP contribution < -0.4 is 22.2 Å². The number of carboxylic acid groups (broad SMARTS) is 1. The van der Waals surface area contributed by atoms with E-state index in [2.05, 4.69) is 15.7 Å². The fraction of sp³-hybridized carbons (Fsp3) is 0.216. The summed E-state index contributed by atoms with van der Waals surface area (Å²) in [6.07, 6.45) is 0.833. The normalized spacial score (nSPS) is 13.6. The lowest BCUT2D eigenvalue weighted by molar-refractivity contribution is -0.152. The van der Waals surface area contributed by atoms with Crippen molar-refractivity contribution in [1.82, 2.24) is 20.7 Å². The Morgan fingerprint density at radius 3 is 2.20 bits per heavy atom. The first-order valence-electron chi connectivity index (χ1n) is 15.8. The second kappa shape index (κ2) is 15.3. The van der Waals surface area contributed by atoms with Gasteiger partial charge in [0, 0.05) is 23.5 Å². The third-order valence-electron chi connectivity index (χ3n) is 8.46. The number of para-hydroxylation sites is 1. The molecule has 0 radical (unpaired) electrons. The van der Waals surface area contributed by atoms with E-state index >= 15 is 0 Å². The van der Waals surface area contributed by atoms with E-state index in [1.807, 2.05) is 66.7 Å². The third-order valence-corrected chi connectivity index (χ3v) is 8.46. The third kappa shape index (κ3) is 8.29. The summed E-state index contributed by atoms with van der Waals surface area (Å²) in [7, 11) is 0. The number of aromatic nitrogens is 1. The van der Waals surface area contributed by atoms with Crippen molar-refractivity contribution in [3.05, 3.63) is 120 Å². The van der Waals surface area contributed by atoms with Crippen molar-refractivity contribution in [1.29, 1.82) is 0 Å². The molecule has 0 aliphatic heterocycles. The first-order chi connectivity index (χ1) is 23.5. The second-order valence-electron chi connectivity index (χ2n) is 12.0. The van der Waals surface area contributed by atoms with Crippen LogP contribution in [0.1, 0.15) is 36.0 Å². The SMILES string of the molecule is CC(C(=O)NN(C(=O)[C@H](CC(=O)O)NC(=O)[C@@H](N)Cc1ccc2ccccc2c1)[C@@H](Cc1ccccc1)C(N)=O)c1c[nH]c2ccccc12. The Balaban J connectivity index is 1.41. The molecular weight excluding hydrogens is 624 g/mol. The number of H-pyrrole nitrogens is 1. The Morgan fingerprint density at radius 2 is 1.49 bits per heavy atom. The van der Waals surface area contributed by atoms with Crippen LogP contribution >= 0.6 is 0 Å². The van der Waals surface area contributed by atoms with Crippen molar-refractivity contribution in [2.45, 2.75) is 50.2 Å². The molecule has 49 heavy (non-hydrogen) atoms. The number of hydrogen-bond donors (Lipinski definition) is 6. The van der Waals surface area contributed by atoms with E-state index < -0.39 is 60.1 Å². The molecule has 8 N–H and O–H groups in total. The number of hydrazine groups is 1. The van der Waals surface area contributed by atoms with E-state index in [4.69, 9.17) is 11.5 Å². The average Bonchev–Trinajstić information content (AvgIpc) is 3.53. The molecule has 0 aliphatic carbocycles. The van der Waals surface area contributed by atoms with Gasteiger partial charge in [0.2, 0.25) is 17.7 Å². The number of fused-ring (bicyclic) bond motifs is 2. The van der Waals surface area contributed by atoms with Gasteiger partial charge in [-0.15, -0.1) is 0 Å². The van der Waals surface area contributed by atoms with Crippen molar-refractivity contribution in [2.75, 3.05) is 0 Å². The van der Waals surface area contributed by atoms with Crippen molar-refractivity contribution in [3.8, 4) is 0 Å². The molecular formula is C37H38N6O6. The van der Waals surface area contributed by atoms with Gasteiger partial charge in [-0.2, -0.15) is 0 Å². The first kappa shape index (κ1) is 34.3. The van der Waals surface area contributed by atoms with Crippen LogP contribution in [0.25, 0.3) is 21.7 Å². The number of nitrogens with two attached hydrogens (primary N) is 2. The van der Waals surface area contributed by atoms with Crippen LogP contribution in [0, 0.1) is 0 Å². The quantitative estimate of drug-likeness (QED) is 0.104. The fourth-order valence-electron chi connectivity index (χ4n) is 5.79. The summed E-state index contributed by atoms with van der Waals surface area (Å²) in [5.74, 6) is -5.67. The predicted molar refractivity (Wildman–Crippen MR) is 185 cm³/mol. The average molecular weight is 663 g/mol. The van der Waals surface area contributed by atoms with Crippen LogP contribution in [-0.2, 0) is 36.8 Å². The molecule has 1 aromatic heterocycles.